The summed E-state index contributed by atoms with van der Waals surface area (Å²) in [7, 11) is 2.86. The van der Waals surface area contributed by atoms with E-state index in [0.29, 0.717) is 53.2 Å². The second kappa shape index (κ2) is 9.82. The predicted octanol–water partition coefficient (Wildman–Crippen LogP) is 5.15. The van der Waals surface area contributed by atoms with E-state index in [1.54, 1.807) is 36.4 Å². The lowest BCUT2D eigenvalue weighted by atomic mass is 9.95. The summed E-state index contributed by atoms with van der Waals surface area (Å²) in [6.07, 6.45) is 1.59. The molecule has 0 saturated carbocycles. The minimum atomic E-state index is -0.394. The van der Waals surface area contributed by atoms with Crippen LogP contribution in [0.25, 0.3) is 21.6 Å². The first kappa shape index (κ1) is 23.1. The highest BCUT2D eigenvalue weighted by Crippen LogP contribution is 2.36. The number of benzene rings is 2. The Morgan fingerprint density at radius 3 is 2.70 bits per heavy atom. The first-order chi connectivity index (χ1) is 15.9. The Bertz CT molecular complexity index is 1380. The van der Waals surface area contributed by atoms with Gasteiger partial charge in [0.1, 0.15) is 10.4 Å². The van der Waals surface area contributed by atoms with Crippen molar-refractivity contribution < 1.29 is 19.1 Å². The van der Waals surface area contributed by atoms with Gasteiger partial charge in [0, 0.05) is 16.1 Å². The van der Waals surface area contributed by atoms with Gasteiger partial charge in [0.05, 0.1) is 26.8 Å². The number of methoxy groups -OCH3 is 2. The summed E-state index contributed by atoms with van der Waals surface area (Å²) in [6.45, 7) is 0. The van der Waals surface area contributed by atoms with Gasteiger partial charge in [0.25, 0.3) is 5.91 Å². The van der Waals surface area contributed by atoms with Crippen LogP contribution in [-0.4, -0.2) is 41.0 Å². The molecule has 168 valence electrons. The van der Waals surface area contributed by atoms with E-state index < -0.39 is 11.9 Å². The molecule has 2 aromatic carbocycles. The molecule has 2 aromatic heterocycles. The first-order valence-electron chi connectivity index (χ1n) is 9.52. The number of anilines is 1. The van der Waals surface area contributed by atoms with Gasteiger partial charge in [-0.25, -0.2) is 9.97 Å². The summed E-state index contributed by atoms with van der Waals surface area (Å²) in [6, 6.07) is 10.2. The SMILES string of the molecule is COC(=O)Cc1ccc(C(=O)Nc2nc3ncc(Br)nc3s2)c(-c2cc(Cl)ccc2OC)c1. The summed E-state index contributed by atoms with van der Waals surface area (Å²) in [5.41, 5.74) is 2.62. The molecular weight excluding hydrogens is 532 g/mol. The van der Waals surface area contributed by atoms with E-state index in [1.807, 2.05) is 0 Å². The maximum absolute atomic E-state index is 13.3. The van der Waals surface area contributed by atoms with Gasteiger partial charge < -0.3 is 9.47 Å². The summed E-state index contributed by atoms with van der Waals surface area (Å²) >= 11 is 10.7. The summed E-state index contributed by atoms with van der Waals surface area (Å²) in [5, 5.41) is 3.64. The molecule has 2 heterocycles. The zero-order valence-electron chi connectivity index (χ0n) is 17.4. The van der Waals surface area contributed by atoms with Crippen LogP contribution < -0.4 is 10.1 Å². The average Bonchev–Trinajstić information content (AvgIpc) is 3.20. The summed E-state index contributed by atoms with van der Waals surface area (Å²) in [5.74, 6) is -0.256. The number of carbonyl (C=O) groups excluding carboxylic acids is 2. The highest BCUT2D eigenvalue weighted by molar-refractivity contribution is 9.10. The standard InChI is InChI=1S/C22H16BrClN4O4S/c1-31-16-6-4-12(24)9-15(16)14-7-11(8-18(29)32-2)3-5-13(14)20(30)28-22-27-19-21(33-22)26-17(23)10-25-19/h3-7,9-10H,8H2,1-2H3,(H,25,27,28,30). The average molecular weight is 548 g/mol. The minimum Gasteiger partial charge on any atom is -0.496 e. The lowest BCUT2D eigenvalue weighted by Gasteiger charge is -2.15. The van der Waals surface area contributed by atoms with Gasteiger partial charge in [-0.05, 0) is 57.4 Å². The molecule has 0 aliphatic carbocycles. The fourth-order valence-electron chi connectivity index (χ4n) is 3.17. The van der Waals surface area contributed by atoms with Crippen molar-refractivity contribution in [1.29, 1.82) is 0 Å². The molecule has 0 bridgehead atoms. The van der Waals surface area contributed by atoms with Crippen molar-refractivity contribution in [3.63, 3.8) is 0 Å². The van der Waals surface area contributed by atoms with Gasteiger partial charge in [0.2, 0.25) is 0 Å². The van der Waals surface area contributed by atoms with Crippen molar-refractivity contribution in [3.05, 3.63) is 63.3 Å². The number of nitrogens with zero attached hydrogens (tertiary/aromatic N) is 3. The molecule has 1 amide bonds. The number of esters is 1. The number of rotatable bonds is 6. The molecule has 0 fully saturated rings. The number of fused-ring (bicyclic) bond motifs is 1. The predicted molar refractivity (Wildman–Crippen MR) is 130 cm³/mol. The van der Waals surface area contributed by atoms with E-state index in [4.69, 9.17) is 21.1 Å². The van der Waals surface area contributed by atoms with Crippen molar-refractivity contribution in [2.24, 2.45) is 0 Å². The minimum absolute atomic E-state index is 0.0539. The molecule has 8 nitrogen and oxygen atoms in total. The van der Waals surface area contributed by atoms with Crippen LogP contribution in [0.4, 0.5) is 5.13 Å². The van der Waals surface area contributed by atoms with Gasteiger partial charge >= 0.3 is 5.97 Å². The molecular formula is C22H16BrClN4O4S. The molecule has 0 radical (unpaired) electrons. The van der Waals surface area contributed by atoms with Crippen molar-refractivity contribution in [2.45, 2.75) is 6.42 Å². The second-order valence-corrected chi connectivity index (χ2v) is 9.00. The molecule has 0 saturated heterocycles. The largest absolute Gasteiger partial charge is 0.496 e. The first-order valence-corrected chi connectivity index (χ1v) is 11.5. The molecule has 0 aliphatic heterocycles. The van der Waals surface area contributed by atoms with Crippen LogP contribution in [0.1, 0.15) is 15.9 Å². The summed E-state index contributed by atoms with van der Waals surface area (Å²) < 4.78 is 10.8. The number of hydrogen-bond acceptors (Lipinski definition) is 8. The Balaban J connectivity index is 1.76. The lowest BCUT2D eigenvalue weighted by Crippen LogP contribution is -2.14. The number of nitrogens with one attached hydrogen (secondary N) is 1. The van der Waals surface area contributed by atoms with Crippen LogP contribution >= 0.6 is 38.9 Å². The molecule has 4 aromatic rings. The number of thiazole rings is 1. The zero-order chi connectivity index (χ0) is 23.5. The molecule has 4 rings (SSSR count). The fraction of sp³-hybridized carbons (Fsp3) is 0.136. The Hall–Kier alpha value is -3.08. The van der Waals surface area contributed by atoms with Crippen LogP contribution in [0.3, 0.4) is 0 Å². The number of carbonyl (C=O) groups is 2. The quantitative estimate of drug-likeness (QED) is 0.333. The van der Waals surface area contributed by atoms with E-state index in [2.05, 4.69) is 36.2 Å². The van der Waals surface area contributed by atoms with E-state index in [1.165, 1.54) is 31.8 Å². The Kier molecular flexibility index (Phi) is 6.87. The van der Waals surface area contributed by atoms with Crippen LogP contribution in [-0.2, 0) is 16.0 Å². The Morgan fingerprint density at radius 1 is 1.12 bits per heavy atom. The van der Waals surface area contributed by atoms with Crippen molar-refractivity contribution >= 4 is 66.4 Å². The molecule has 33 heavy (non-hydrogen) atoms. The monoisotopic (exact) mass is 546 g/mol. The van der Waals surface area contributed by atoms with Crippen LogP contribution in [0, 0.1) is 0 Å². The van der Waals surface area contributed by atoms with E-state index >= 15 is 0 Å². The van der Waals surface area contributed by atoms with Gasteiger partial charge in [0.15, 0.2) is 15.6 Å². The number of aromatic nitrogens is 3. The highest BCUT2D eigenvalue weighted by Gasteiger charge is 2.20. The smallest absolute Gasteiger partial charge is 0.309 e. The van der Waals surface area contributed by atoms with Crippen molar-refractivity contribution in [2.75, 3.05) is 19.5 Å². The fourth-order valence-corrected chi connectivity index (χ4v) is 4.53. The highest BCUT2D eigenvalue weighted by atomic mass is 79.9. The number of hydrogen-bond donors (Lipinski definition) is 1. The van der Waals surface area contributed by atoms with E-state index in [-0.39, 0.29) is 6.42 Å². The number of amides is 1. The maximum Gasteiger partial charge on any atom is 0.309 e. The van der Waals surface area contributed by atoms with Crippen molar-refractivity contribution in [3.8, 4) is 16.9 Å². The third kappa shape index (κ3) is 5.13. The topological polar surface area (TPSA) is 103 Å². The van der Waals surface area contributed by atoms with Gasteiger partial charge in [-0.15, -0.1) is 0 Å². The Labute approximate surface area is 206 Å². The van der Waals surface area contributed by atoms with E-state index in [0.717, 1.165) is 0 Å². The molecule has 1 N–H and O–H groups in total. The summed E-state index contributed by atoms with van der Waals surface area (Å²) in [4.78, 5) is 38.5. The van der Waals surface area contributed by atoms with E-state index in [9.17, 15) is 9.59 Å². The number of ether oxygens (including phenoxy) is 2. The van der Waals surface area contributed by atoms with Crippen molar-refractivity contribution in [1.82, 2.24) is 15.0 Å². The van der Waals surface area contributed by atoms with Gasteiger partial charge in [-0.2, -0.15) is 4.98 Å². The maximum atomic E-state index is 13.3. The van der Waals surface area contributed by atoms with Crippen LogP contribution in [0.15, 0.2) is 47.2 Å². The normalized spacial score (nSPS) is 10.8. The Morgan fingerprint density at radius 2 is 1.94 bits per heavy atom. The molecule has 11 heteroatoms. The third-order valence-corrected chi connectivity index (χ3v) is 6.14. The van der Waals surface area contributed by atoms with Crippen LogP contribution in [0.5, 0.6) is 5.75 Å². The second-order valence-electron chi connectivity index (χ2n) is 6.77. The number of halogens is 2. The molecule has 0 atom stereocenters. The molecule has 0 spiro atoms. The van der Waals surface area contributed by atoms with Gasteiger partial charge in [-0.1, -0.05) is 29.0 Å². The lowest BCUT2D eigenvalue weighted by molar-refractivity contribution is -0.139. The molecule has 0 aliphatic rings. The van der Waals surface area contributed by atoms with Gasteiger partial charge in [-0.3, -0.25) is 14.9 Å². The van der Waals surface area contributed by atoms with Crippen LogP contribution in [0.2, 0.25) is 5.02 Å². The zero-order valence-corrected chi connectivity index (χ0v) is 20.5. The molecule has 0 unspecified atom stereocenters. The third-order valence-electron chi connectivity index (χ3n) is 4.67.